The molecule has 1 saturated carbocycles. The average Bonchev–Trinajstić information content (AvgIpc) is 2.52. The first-order valence-electron chi connectivity index (χ1n) is 7.91. The minimum Gasteiger partial charge on any atom is -0.395 e. The summed E-state index contributed by atoms with van der Waals surface area (Å²) in [5.74, 6) is 0. The SMILES string of the molecule is CCCNc1cncc(N(CCO)C2CCCCC2)c1. The molecule has 0 aliphatic heterocycles. The monoisotopic (exact) mass is 277 g/mol. The lowest BCUT2D eigenvalue weighted by Gasteiger charge is -2.35. The second-order valence-corrected chi connectivity index (χ2v) is 5.57. The highest BCUT2D eigenvalue weighted by Crippen LogP contribution is 2.28. The molecule has 1 aromatic rings. The van der Waals surface area contributed by atoms with E-state index in [0.717, 1.165) is 24.3 Å². The van der Waals surface area contributed by atoms with Crippen LogP contribution in [0.3, 0.4) is 0 Å². The number of aromatic nitrogens is 1. The fraction of sp³-hybridized carbons (Fsp3) is 0.688. The molecule has 0 amide bonds. The van der Waals surface area contributed by atoms with Crippen molar-refractivity contribution in [2.24, 2.45) is 0 Å². The third-order valence-corrected chi connectivity index (χ3v) is 3.99. The zero-order valence-corrected chi connectivity index (χ0v) is 12.5. The van der Waals surface area contributed by atoms with Crippen molar-refractivity contribution in [3.8, 4) is 0 Å². The summed E-state index contributed by atoms with van der Waals surface area (Å²) in [5.41, 5.74) is 2.20. The molecule has 112 valence electrons. The fourth-order valence-corrected chi connectivity index (χ4v) is 2.97. The molecular formula is C16H27N3O. The van der Waals surface area contributed by atoms with Gasteiger partial charge in [-0.1, -0.05) is 26.2 Å². The molecule has 1 aromatic heterocycles. The van der Waals surface area contributed by atoms with E-state index in [-0.39, 0.29) is 6.61 Å². The first-order chi connectivity index (χ1) is 9.85. The number of hydrogen-bond donors (Lipinski definition) is 2. The predicted octanol–water partition coefficient (Wildman–Crippen LogP) is 3.03. The summed E-state index contributed by atoms with van der Waals surface area (Å²) >= 11 is 0. The minimum atomic E-state index is 0.198. The van der Waals surface area contributed by atoms with Crippen LogP contribution < -0.4 is 10.2 Å². The Balaban J connectivity index is 2.10. The Morgan fingerprint density at radius 2 is 2.10 bits per heavy atom. The van der Waals surface area contributed by atoms with Gasteiger partial charge in [0.15, 0.2) is 0 Å². The summed E-state index contributed by atoms with van der Waals surface area (Å²) in [4.78, 5) is 6.69. The highest BCUT2D eigenvalue weighted by Gasteiger charge is 2.21. The van der Waals surface area contributed by atoms with Gasteiger partial charge in [0.25, 0.3) is 0 Å². The van der Waals surface area contributed by atoms with Crippen molar-refractivity contribution in [1.29, 1.82) is 0 Å². The molecule has 4 nitrogen and oxygen atoms in total. The second-order valence-electron chi connectivity index (χ2n) is 5.57. The van der Waals surface area contributed by atoms with E-state index in [1.54, 1.807) is 0 Å². The maximum Gasteiger partial charge on any atom is 0.0606 e. The molecule has 0 saturated heterocycles. The molecule has 20 heavy (non-hydrogen) atoms. The predicted molar refractivity (Wildman–Crippen MR) is 84.3 cm³/mol. The van der Waals surface area contributed by atoms with Crippen molar-refractivity contribution in [1.82, 2.24) is 4.98 Å². The Hall–Kier alpha value is -1.29. The summed E-state index contributed by atoms with van der Waals surface area (Å²) in [6, 6.07) is 2.71. The Kier molecular flexibility index (Phi) is 6.12. The summed E-state index contributed by atoms with van der Waals surface area (Å²) < 4.78 is 0. The number of aliphatic hydroxyl groups excluding tert-OH is 1. The molecule has 1 heterocycles. The number of pyridine rings is 1. The number of anilines is 2. The molecule has 0 atom stereocenters. The first-order valence-corrected chi connectivity index (χ1v) is 7.91. The largest absolute Gasteiger partial charge is 0.395 e. The normalized spacial score (nSPS) is 16.1. The van der Waals surface area contributed by atoms with Crippen LogP contribution in [-0.4, -0.2) is 35.8 Å². The maximum absolute atomic E-state index is 9.36. The highest BCUT2D eigenvalue weighted by molar-refractivity contribution is 5.56. The van der Waals surface area contributed by atoms with Gasteiger partial charge in [0.1, 0.15) is 0 Å². The van der Waals surface area contributed by atoms with Crippen LogP contribution in [0, 0.1) is 0 Å². The molecule has 1 fully saturated rings. The molecule has 1 aliphatic rings. The number of aliphatic hydroxyl groups is 1. The lowest BCUT2D eigenvalue weighted by atomic mass is 9.94. The van der Waals surface area contributed by atoms with Gasteiger partial charge < -0.3 is 15.3 Å². The van der Waals surface area contributed by atoms with Crippen molar-refractivity contribution in [2.75, 3.05) is 29.9 Å². The highest BCUT2D eigenvalue weighted by atomic mass is 16.3. The van der Waals surface area contributed by atoms with Gasteiger partial charge in [-0.25, -0.2) is 0 Å². The Bertz CT molecular complexity index is 391. The Morgan fingerprint density at radius 3 is 2.80 bits per heavy atom. The van der Waals surface area contributed by atoms with E-state index in [0.29, 0.717) is 12.6 Å². The van der Waals surface area contributed by atoms with Crippen LogP contribution in [0.15, 0.2) is 18.5 Å². The molecular weight excluding hydrogens is 250 g/mol. The van der Waals surface area contributed by atoms with Crippen molar-refractivity contribution in [3.63, 3.8) is 0 Å². The molecule has 0 bridgehead atoms. The van der Waals surface area contributed by atoms with E-state index in [1.165, 1.54) is 32.1 Å². The lowest BCUT2D eigenvalue weighted by molar-refractivity contribution is 0.290. The van der Waals surface area contributed by atoms with Gasteiger partial charge in [-0.05, 0) is 25.3 Å². The third kappa shape index (κ3) is 4.10. The fourth-order valence-electron chi connectivity index (χ4n) is 2.97. The summed E-state index contributed by atoms with van der Waals surface area (Å²) in [6.45, 7) is 4.02. The molecule has 4 heteroatoms. The number of hydrogen-bond acceptors (Lipinski definition) is 4. The van der Waals surface area contributed by atoms with Crippen LogP contribution in [0.5, 0.6) is 0 Å². The molecule has 0 radical (unpaired) electrons. The van der Waals surface area contributed by atoms with Crippen molar-refractivity contribution >= 4 is 11.4 Å². The van der Waals surface area contributed by atoms with Gasteiger partial charge >= 0.3 is 0 Å². The second kappa shape index (κ2) is 8.10. The smallest absolute Gasteiger partial charge is 0.0606 e. The van der Waals surface area contributed by atoms with Crippen LogP contribution in [-0.2, 0) is 0 Å². The van der Waals surface area contributed by atoms with Gasteiger partial charge in [0, 0.05) is 19.1 Å². The van der Waals surface area contributed by atoms with E-state index in [2.05, 4.69) is 28.2 Å². The van der Waals surface area contributed by atoms with Crippen LogP contribution in [0.1, 0.15) is 45.4 Å². The van der Waals surface area contributed by atoms with Crippen molar-refractivity contribution in [2.45, 2.75) is 51.5 Å². The van der Waals surface area contributed by atoms with Crippen molar-refractivity contribution in [3.05, 3.63) is 18.5 Å². The zero-order valence-electron chi connectivity index (χ0n) is 12.5. The zero-order chi connectivity index (χ0) is 14.2. The van der Waals surface area contributed by atoms with E-state index in [4.69, 9.17) is 0 Å². The molecule has 0 spiro atoms. The lowest BCUT2D eigenvalue weighted by Crippen LogP contribution is -2.39. The van der Waals surface area contributed by atoms with Crippen molar-refractivity contribution < 1.29 is 5.11 Å². The van der Waals surface area contributed by atoms with Gasteiger partial charge in [-0.15, -0.1) is 0 Å². The summed E-state index contributed by atoms with van der Waals surface area (Å²) in [6.07, 6.45) is 11.3. The Morgan fingerprint density at radius 1 is 1.30 bits per heavy atom. The molecule has 0 aromatic carbocycles. The minimum absolute atomic E-state index is 0.198. The number of nitrogens with one attached hydrogen (secondary N) is 1. The molecule has 1 aliphatic carbocycles. The van der Waals surface area contributed by atoms with Crippen LogP contribution in [0.25, 0.3) is 0 Å². The van der Waals surface area contributed by atoms with E-state index in [1.807, 2.05) is 12.4 Å². The molecule has 2 rings (SSSR count). The summed E-state index contributed by atoms with van der Waals surface area (Å²) in [7, 11) is 0. The maximum atomic E-state index is 9.36. The average molecular weight is 277 g/mol. The van der Waals surface area contributed by atoms with E-state index in [9.17, 15) is 5.11 Å². The standard InChI is InChI=1S/C16H27N3O/c1-2-8-18-14-11-16(13-17-12-14)19(9-10-20)15-6-4-3-5-7-15/h11-13,15,18,20H,2-10H2,1H3. The van der Waals surface area contributed by atoms with Gasteiger partial charge in [-0.2, -0.15) is 0 Å². The number of rotatable bonds is 7. The van der Waals surface area contributed by atoms with Crippen LogP contribution in [0.2, 0.25) is 0 Å². The Labute approximate surface area is 122 Å². The van der Waals surface area contributed by atoms with Gasteiger partial charge in [0.05, 0.1) is 30.4 Å². The summed E-state index contributed by atoms with van der Waals surface area (Å²) in [5, 5.41) is 12.7. The van der Waals surface area contributed by atoms with E-state index < -0.39 is 0 Å². The molecule has 2 N–H and O–H groups in total. The first kappa shape index (κ1) is 15.1. The molecule has 0 unspecified atom stereocenters. The quantitative estimate of drug-likeness (QED) is 0.804. The topological polar surface area (TPSA) is 48.4 Å². The number of nitrogens with zero attached hydrogens (tertiary/aromatic N) is 2. The van der Waals surface area contributed by atoms with Gasteiger partial charge in [0.2, 0.25) is 0 Å². The van der Waals surface area contributed by atoms with Crippen LogP contribution in [0.4, 0.5) is 11.4 Å². The van der Waals surface area contributed by atoms with E-state index >= 15 is 0 Å². The third-order valence-electron chi connectivity index (χ3n) is 3.99. The van der Waals surface area contributed by atoms with Crippen LogP contribution >= 0.6 is 0 Å². The van der Waals surface area contributed by atoms with Gasteiger partial charge in [-0.3, -0.25) is 4.98 Å².